The smallest absolute Gasteiger partial charge is 0.339 e. The van der Waals surface area contributed by atoms with Gasteiger partial charge in [0, 0.05) is 5.25 Å². The van der Waals surface area contributed by atoms with E-state index in [1.807, 2.05) is 0 Å². The molecule has 0 aliphatic heterocycles. The number of carbonyl (C=O) groups is 1. The predicted octanol–water partition coefficient (Wildman–Crippen LogP) is 3.48. The van der Waals surface area contributed by atoms with Crippen LogP contribution in [-0.4, -0.2) is 27.4 Å². The van der Waals surface area contributed by atoms with E-state index in [0.29, 0.717) is 16.8 Å². The molecule has 0 radical (unpaired) electrons. The highest BCUT2D eigenvalue weighted by Crippen LogP contribution is 2.31. The summed E-state index contributed by atoms with van der Waals surface area (Å²) in [4.78, 5) is 15.0. The van der Waals surface area contributed by atoms with Crippen LogP contribution in [0.15, 0.2) is 4.52 Å². The van der Waals surface area contributed by atoms with Gasteiger partial charge in [-0.3, -0.25) is 4.79 Å². The van der Waals surface area contributed by atoms with E-state index in [0.717, 1.165) is 19.8 Å². The first kappa shape index (κ1) is 15.3. The summed E-state index contributed by atoms with van der Waals surface area (Å²) in [5.74, 6) is -2.74. The third-order valence-electron chi connectivity index (χ3n) is 3.28. The zero-order chi connectivity index (χ0) is 14.8. The molecule has 1 aliphatic rings. The van der Waals surface area contributed by atoms with Gasteiger partial charge in [0.15, 0.2) is 5.82 Å². The minimum absolute atomic E-state index is 0.269. The van der Waals surface area contributed by atoms with Crippen LogP contribution in [0.2, 0.25) is 0 Å². The number of halogens is 3. The van der Waals surface area contributed by atoms with E-state index in [1.54, 1.807) is 11.8 Å². The summed E-state index contributed by atoms with van der Waals surface area (Å²) < 4.78 is 41.7. The maximum absolute atomic E-state index is 12.3. The lowest BCUT2D eigenvalue weighted by atomic mass is 10.1. The third kappa shape index (κ3) is 3.74. The van der Waals surface area contributed by atoms with Crippen molar-refractivity contribution in [2.45, 2.75) is 55.7 Å². The molecule has 1 saturated carbocycles. The number of ketones is 1. The number of hydrogen-bond acceptors (Lipinski definition) is 5. The number of aromatic nitrogens is 2. The zero-order valence-electron chi connectivity index (χ0n) is 10.9. The van der Waals surface area contributed by atoms with Crippen molar-refractivity contribution in [3.05, 3.63) is 11.7 Å². The second-order valence-electron chi connectivity index (χ2n) is 4.85. The number of thioether (sulfide) groups is 1. The van der Waals surface area contributed by atoms with Crippen LogP contribution in [0.5, 0.6) is 0 Å². The topological polar surface area (TPSA) is 56.0 Å². The lowest BCUT2D eigenvalue weighted by molar-refractivity contribution is -0.172. The molecule has 8 heteroatoms. The summed E-state index contributed by atoms with van der Waals surface area (Å²) in [5, 5.41) is 4.20. The Morgan fingerprint density at radius 1 is 1.45 bits per heavy atom. The second-order valence-corrected chi connectivity index (χ2v) is 6.14. The van der Waals surface area contributed by atoms with Crippen molar-refractivity contribution in [2.24, 2.45) is 0 Å². The number of hydrogen-bond donors (Lipinski definition) is 0. The van der Waals surface area contributed by atoms with Crippen LogP contribution in [0.3, 0.4) is 0 Å². The molecule has 0 amide bonds. The van der Waals surface area contributed by atoms with Crippen molar-refractivity contribution >= 4 is 17.5 Å². The summed E-state index contributed by atoms with van der Waals surface area (Å²) >= 11 is 1.68. The maximum atomic E-state index is 12.3. The van der Waals surface area contributed by atoms with Gasteiger partial charge in [-0.25, -0.2) is 0 Å². The molecule has 20 heavy (non-hydrogen) atoms. The van der Waals surface area contributed by atoms with Crippen molar-refractivity contribution in [1.82, 2.24) is 10.1 Å². The van der Waals surface area contributed by atoms with Gasteiger partial charge < -0.3 is 4.52 Å². The van der Waals surface area contributed by atoms with E-state index in [9.17, 15) is 18.0 Å². The van der Waals surface area contributed by atoms with Crippen molar-refractivity contribution in [3.63, 3.8) is 0 Å². The Morgan fingerprint density at radius 2 is 2.10 bits per heavy atom. The fourth-order valence-electron chi connectivity index (χ4n) is 2.11. The highest BCUT2D eigenvalue weighted by atomic mass is 32.2. The number of nitrogens with zero attached hydrogens (tertiary/aromatic N) is 2. The molecule has 0 bridgehead atoms. The van der Waals surface area contributed by atoms with Gasteiger partial charge in [0.1, 0.15) is 5.92 Å². The normalized spacial score (nSPS) is 18.4. The quantitative estimate of drug-likeness (QED) is 0.833. The monoisotopic (exact) mass is 308 g/mol. The first-order valence-electron chi connectivity index (χ1n) is 6.43. The number of alkyl halides is 3. The first-order chi connectivity index (χ1) is 9.38. The summed E-state index contributed by atoms with van der Waals surface area (Å²) in [5.41, 5.74) is 0. The third-order valence-corrected chi connectivity index (χ3v) is 4.64. The van der Waals surface area contributed by atoms with Crippen molar-refractivity contribution in [1.29, 1.82) is 0 Å². The molecule has 1 aromatic heterocycles. The lowest BCUT2D eigenvalue weighted by Crippen LogP contribution is -2.27. The highest BCUT2D eigenvalue weighted by molar-refractivity contribution is 7.99. The minimum atomic E-state index is -4.88. The van der Waals surface area contributed by atoms with Gasteiger partial charge in [-0.15, -0.1) is 0 Å². The first-order valence-corrected chi connectivity index (χ1v) is 7.48. The van der Waals surface area contributed by atoms with Crippen LogP contribution in [0.25, 0.3) is 0 Å². The van der Waals surface area contributed by atoms with Gasteiger partial charge in [0.05, 0.1) is 5.75 Å². The Hall–Kier alpha value is -1.05. The molecular weight excluding hydrogens is 293 g/mol. The largest absolute Gasteiger partial charge is 0.450 e. The predicted molar refractivity (Wildman–Crippen MR) is 67.3 cm³/mol. The van der Waals surface area contributed by atoms with Gasteiger partial charge >= 0.3 is 6.18 Å². The molecule has 1 heterocycles. The SMILES string of the molecule is CC(C(=O)C(F)(F)F)c1nc(CSC2CCCC2)no1. The fraction of sp³-hybridized carbons (Fsp3) is 0.750. The van der Waals surface area contributed by atoms with E-state index in [-0.39, 0.29) is 5.89 Å². The Morgan fingerprint density at radius 3 is 2.70 bits per heavy atom. The standard InChI is InChI=1S/C12H15F3N2O2S/c1-7(10(18)12(13,14)15)11-16-9(17-19-11)6-20-8-4-2-3-5-8/h7-8H,2-6H2,1H3. The lowest BCUT2D eigenvalue weighted by Gasteiger charge is -2.08. The van der Waals surface area contributed by atoms with Gasteiger partial charge in [-0.1, -0.05) is 18.0 Å². The Kier molecular flexibility index (Phi) is 4.72. The number of rotatable bonds is 5. The molecule has 0 N–H and O–H groups in total. The van der Waals surface area contributed by atoms with Gasteiger partial charge in [-0.05, 0) is 19.8 Å². The van der Waals surface area contributed by atoms with Crippen LogP contribution in [0.1, 0.15) is 50.2 Å². The Labute approximate surface area is 118 Å². The van der Waals surface area contributed by atoms with Crippen LogP contribution < -0.4 is 0 Å². The van der Waals surface area contributed by atoms with Gasteiger partial charge in [-0.2, -0.15) is 29.9 Å². The molecule has 0 aromatic carbocycles. The molecular formula is C12H15F3N2O2S. The molecule has 1 aliphatic carbocycles. The van der Waals surface area contributed by atoms with E-state index < -0.39 is 17.9 Å². The Bertz CT molecular complexity index is 470. The fourth-order valence-corrected chi connectivity index (χ4v) is 3.28. The summed E-state index contributed by atoms with van der Waals surface area (Å²) in [6.07, 6.45) is -0.151. The van der Waals surface area contributed by atoms with Crippen molar-refractivity contribution in [3.8, 4) is 0 Å². The summed E-state index contributed by atoms with van der Waals surface area (Å²) in [6.45, 7) is 1.12. The molecule has 1 atom stereocenters. The number of Topliss-reactive ketones (excluding diaryl/α,β-unsaturated/α-hetero) is 1. The van der Waals surface area contributed by atoms with Crippen molar-refractivity contribution in [2.75, 3.05) is 0 Å². The van der Waals surface area contributed by atoms with Crippen LogP contribution in [0.4, 0.5) is 13.2 Å². The van der Waals surface area contributed by atoms with Crippen LogP contribution >= 0.6 is 11.8 Å². The van der Waals surface area contributed by atoms with Gasteiger partial charge in [0.2, 0.25) is 11.7 Å². The van der Waals surface area contributed by atoms with E-state index in [4.69, 9.17) is 4.52 Å². The average molecular weight is 308 g/mol. The molecule has 112 valence electrons. The molecule has 1 unspecified atom stereocenters. The van der Waals surface area contributed by atoms with E-state index in [2.05, 4.69) is 10.1 Å². The Balaban J connectivity index is 1.92. The van der Waals surface area contributed by atoms with E-state index >= 15 is 0 Å². The maximum Gasteiger partial charge on any atom is 0.450 e. The average Bonchev–Trinajstić information content (AvgIpc) is 3.04. The number of carbonyl (C=O) groups excluding carboxylic acids is 1. The van der Waals surface area contributed by atoms with Crippen LogP contribution in [-0.2, 0) is 10.5 Å². The molecule has 1 aromatic rings. The molecule has 2 rings (SSSR count). The summed E-state index contributed by atoms with van der Waals surface area (Å²) in [7, 11) is 0. The highest BCUT2D eigenvalue weighted by Gasteiger charge is 2.44. The van der Waals surface area contributed by atoms with Crippen LogP contribution in [0, 0.1) is 0 Å². The van der Waals surface area contributed by atoms with Gasteiger partial charge in [0.25, 0.3) is 0 Å². The molecule has 0 saturated heterocycles. The molecule has 0 spiro atoms. The second kappa shape index (κ2) is 6.15. The minimum Gasteiger partial charge on any atom is -0.339 e. The zero-order valence-corrected chi connectivity index (χ0v) is 11.8. The van der Waals surface area contributed by atoms with E-state index in [1.165, 1.54) is 12.8 Å². The molecule has 4 nitrogen and oxygen atoms in total. The van der Waals surface area contributed by atoms with Crippen molar-refractivity contribution < 1.29 is 22.5 Å². The summed E-state index contributed by atoms with van der Waals surface area (Å²) in [6, 6.07) is 0. The molecule has 1 fully saturated rings.